The van der Waals surface area contributed by atoms with Crippen molar-refractivity contribution in [3.63, 3.8) is 0 Å². The molecule has 3 aliphatic rings. The van der Waals surface area contributed by atoms with Gasteiger partial charge < -0.3 is 0 Å². The fourth-order valence-electron chi connectivity index (χ4n) is 4.28. The van der Waals surface area contributed by atoms with Crippen LogP contribution < -0.4 is 0 Å². The Morgan fingerprint density at radius 1 is 1.09 bits per heavy atom. The van der Waals surface area contributed by atoms with Gasteiger partial charge in [-0.2, -0.15) is 0 Å². The van der Waals surface area contributed by atoms with E-state index in [1.165, 1.54) is 24.7 Å². The van der Waals surface area contributed by atoms with Crippen LogP contribution in [0.3, 0.4) is 0 Å². The zero-order chi connectivity index (χ0) is 7.47. The van der Waals surface area contributed by atoms with Gasteiger partial charge in [-0.3, -0.25) is 0 Å². The van der Waals surface area contributed by atoms with E-state index in [9.17, 15) is 0 Å². The quantitative estimate of drug-likeness (QED) is 0.497. The second-order valence-corrected chi connectivity index (χ2v) is 5.16. The van der Waals surface area contributed by atoms with Crippen LogP contribution in [0.15, 0.2) is 0 Å². The van der Waals surface area contributed by atoms with Gasteiger partial charge in [0.05, 0.1) is 0 Å². The third-order valence-electron chi connectivity index (χ3n) is 4.84. The highest BCUT2D eigenvalue weighted by molar-refractivity contribution is 5.11. The van der Waals surface area contributed by atoms with Crippen LogP contribution in [-0.2, 0) is 0 Å². The average Bonchev–Trinajstić information content (AvgIpc) is 2.52. The van der Waals surface area contributed by atoms with Crippen molar-refractivity contribution in [3.05, 3.63) is 0 Å². The van der Waals surface area contributed by atoms with Crippen molar-refractivity contribution < 1.29 is 0 Å². The van der Waals surface area contributed by atoms with Crippen molar-refractivity contribution >= 4 is 0 Å². The van der Waals surface area contributed by atoms with Crippen molar-refractivity contribution in [2.75, 3.05) is 0 Å². The van der Waals surface area contributed by atoms with E-state index in [-0.39, 0.29) is 0 Å². The van der Waals surface area contributed by atoms with Gasteiger partial charge in [0.2, 0.25) is 0 Å². The second kappa shape index (κ2) is 1.84. The molecule has 0 aliphatic heterocycles. The van der Waals surface area contributed by atoms with Gasteiger partial charge in [0.15, 0.2) is 0 Å². The molecule has 0 aromatic carbocycles. The molecule has 62 valence electrons. The summed E-state index contributed by atoms with van der Waals surface area (Å²) < 4.78 is 0. The van der Waals surface area contributed by atoms with Crippen molar-refractivity contribution in [1.29, 1.82) is 0 Å². The molecule has 0 heteroatoms. The average molecular weight is 150 g/mol. The summed E-state index contributed by atoms with van der Waals surface area (Å²) in [6, 6.07) is 0. The molecule has 3 atom stereocenters. The maximum absolute atomic E-state index is 2.48. The van der Waals surface area contributed by atoms with Crippen LogP contribution in [0.25, 0.3) is 0 Å². The lowest BCUT2D eigenvalue weighted by Gasteiger charge is -2.25. The SMILES string of the molecule is C[C@@H]1C2CCC3(CCCC3)C21. The summed E-state index contributed by atoms with van der Waals surface area (Å²) >= 11 is 0. The molecular weight excluding hydrogens is 132 g/mol. The molecule has 1 spiro atoms. The highest BCUT2D eigenvalue weighted by Gasteiger charge is 2.62. The molecule has 11 heavy (non-hydrogen) atoms. The Bertz CT molecular complexity index is 171. The van der Waals surface area contributed by atoms with E-state index in [0.717, 1.165) is 11.3 Å². The van der Waals surface area contributed by atoms with Crippen LogP contribution >= 0.6 is 0 Å². The van der Waals surface area contributed by atoms with Gasteiger partial charge in [-0.15, -0.1) is 0 Å². The Labute approximate surface area is 69.4 Å². The van der Waals surface area contributed by atoms with Crippen LogP contribution in [0, 0.1) is 23.2 Å². The molecule has 3 rings (SSSR count). The lowest BCUT2D eigenvalue weighted by atomic mass is 9.79. The van der Waals surface area contributed by atoms with Crippen LogP contribution in [0.2, 0.25) is 0 Å². The lowest BCUT2D eigenvalue weighted by molar-refractivity contribution is 0.243. The third-order valence-corrected chi connectivity index (χ3v) is 4.84. The van der Waals surface area contributed by atoms with E-state index < -0.39 is 0 Å². The highest BCUT2D eigenvalue weighted by Crippen LogP contribution is 2.70. The monoisotopic (exact) mass is 150 g/mol. The van der Waals surface area contributed by atoms with Crippen LogP contribution in [0.5, 0.6) is 0 Å². The topological polar surface area (TPSA) is 0 Å². The van der Waals surface area contributed by atoms with Gasteiger partial charge in [-0.1, -0.05) is 19.8 Å². The first-order chi connectivity index (χ1) is 5.33. The summed E-state index contributed by atoms with van der Waals surface area (Å²) in [5.41, 5.74) is 0.893. The zero-order valence-electron chi connectivity index (χ0n) is 7.47. The molecular formula is C11H18. The van der Waals surface area contributed by atoms with E-state index in [1.54, 1.807) is 25.7 Å². The molecule has 3 aliphatic carbocycles. The van der Waals surface area contributed by atoms with Crippen molar-refractivity contribution in [1.82, 2.24) is 0 Å². The van der Waals surface area contributed by atoms with Crippen LogP contribution in [0.4, 0.5) is 0 Å². The minimum absolute atomic E-state index is 0.893. The Morgan fingerprint density at radius 3 is 2.36 bits per heavy atom. The summed E-state index contributed by atoms with van der Waals surface area (Å²) in [6.07, 6.45) is 9.40. The molecule has 0 nitrogen and oxygen atoms in total. The molecule has 2 unspecified atom stereocenters. The summed E-state index contributed by atoms with van der Waals surface area (Å²) in [5, 5.41) is 0. The molecule has 0 heterocycles. The molecule has 0 aromatic heterocycles. The van der Waals surface area contributed by atoms with Crippen LogP contribution in [0.1, 0.15) is 45.4 Å². The minimum atomic E-state index is 0.893. The first kappa shape index (κ1) is 6.51. The first-order valence-electron chi connectivity index (χ1n) is 5.33. The molecule has 0 bridgehead atoms. The normalized spacial score (nSPS) is 51.5. The van der Waals surface area contributed by atoms with Gasteiger partial charge in [0.1, 0.15) is 0 Å². The summed E-state index contributed by atoms with van der Waals surface area (Å²) in [5.74, 6) is 3.47. The molecule has 0 N–H and O–H groups in total. The summed E-state index contributed by atoms with van der Waals surface area (Å²) in [7, 11) is 0. The molecule has 3 saturated carbocycles. The van der Waals surface area contributed by atoms with E-state index in [0.29, 0.717) is 0 Å². The Morgan fingerprint density at radius 2 is 1.82 bits per heavy atom. The number of hydrogen-bond donors (Lipinski definition) is 0. The predicted molar refractivity (Wildman–Crippen MR) is 46.3 cm³/mol. The fraction of sp³-hybridized carbons (Fsp3) is 1.00. The summed E-state index contributed by atoms with van der Waals surface area (Å²) in [4.78, 5) is 0. The molecule has 3 fully saturated rings. The summed E-state index contributed by atoms with van der Waals surface area (Å²) in [6.45, 7) is 2.48. The van der Waals surface area contributed by atoms with E-state index in [1.807, 2.05) is 0 Å². The predicted octanol–water partition coefficient (Wildman–Crippen LogP) is 3.22. The Hall–Kier alpha value is 0. The zero-order valence-corrected chi connectivity index (χ0v) is 7.47. The van der Waals surface area contributed by atoms with E-state index >= 15 is 0 Å². The molecule has 0 radical (unpaired) electrons. The maximum atomic E-state index is 2.48. The third kappa shape index (κ3) is 0.666. The van der Waals surface area contributed by atoms with Crippen molar-refractivity contribution in [2.24, 2.45) is 23.2 Å². The Kier molecular flexibility index (Phi) is 1.09. The lowest BCUT2D eigenvalue weighted by Crippen LogP contribution is -2.16. The van der Waals surface area contributed by atoms with Gasteiger partial charge in [0, 0.05) is 0 Å². The van der Waals surface area contributed by atoms with E-state index in [2.05, 4.69) is 6.92 Å². The Balaban J connectivity index is 1.87. The van der Waals surface area contributed by atoms with Crippen molar-refractivity contribution in [2.45, 2.75) is 45.4 Å². The number of fused-ring (bicyclic) bond motifs is 2. The maximum Gasteiger partial charge on any atom is -0.0264 e. The van der Waals surface area contributed by atoms with Gasteiger partial charge >= 0.3 is 0 Å². The second-order valence-electron chi connectivity index (χ2n) is 5.16. The van der Waals surface area contributed by atoms with Crippen LogP contribution in [-0.4, -0.2) is 0 Å². The first-order valence-corrected chi connectivity index (χ1v) is 5.33. The number of hydrogen-bond acceptors (Lipinski definition) is 0. The van der Waals surface area contributed by atoms with E-state index in [4.69, 9.17) is 0 Å². The molecule has 0 amide bonds. The van der Waals surface area contributed by atoms with Crippen molar-refractivity contribution in [3.8, 4) is 0 Å². The fourth-order valence-corrected chi connectivity index (χ4v) is 4.28. The van der Waals surface area contributed by atoms with Gasteiger partial charge in [-0.25, -0.2) is 0 Å². The smallest absolute Gasteiger partial charge is 0.0264 e. The standard InChI is InChI=1S/C11H18/c1-8-9-4-7-11(10(8)9)5-2-3-6-11/h8-10H,2-7H2,1H3/t8-,9?,10?/m1/s1. The largest absolute Gasteiger partial charge is 0.0619 e. The molecule has 0 aromatic rings. The van der Waals surface area contributed by atoms with Gasteiger partial charge in [0.25, 0.3) is 0 Å². The van der Waals surface area contributed by atoms with Gasteiger partial charge in [-0.05, 0) is 48.9 Å². The minimum Gasteiger partial charge on any atom is -0.0619 e. The number of rotatable bonds is 0. The highest BCUT2D eigenvalue weighted by atomic mass is 14.7. The molecule has 0 saturated heterocycles.